The Labute approximate surface area is 103 Å². The SMILES string of the molecule is C#CCOCC([NH3+])(COCC#C)COCC#C. The second kappa shape index (κ2) is 9.73. The molecule has 4 nitrogen and oxygen atoms in total. The largest absolute Gasteiger partial charge is 0.362 e. The predicted molar refractivity (Wildman–Crippen MR) is 64.6 cm³/mol. The molecule has 0 rings (SSSR count). The van der Waals surface area contributed by atoms with Crippen molar-refractivity contribution in [2.45, 2.75) is 5.54 Å². The van der Waals surface area contributed by atoms with Crippen molar-refractivity contribution in [2.75, 3.05) is 39.6 Å². The zero-order valence-electron chi connectivity index (χ0n) is 9.91. The normalized spacial score (nSPS) is 10.2. The lowest BCUT2D eigenvalue weighted by atomic mass is 10.1. The van der Waals surface area contributed by atoms with Gasteiger partial charge >= 0.3 is 0 Å². The van der Waals surface area contributed by atoms with Crippen LogP contribution in [-0.4, -0.2) is 45.2 Å². The monoisotopic (exact) mass is 236 g/mol. The molecular weight excluding hydrogens is 218 g/mol. The molecule has 0 aromatic carbocycles. The van der Waals surface area contributed by atoms with E-state index in [-0.39, 0.29) is 19.8 Å². The van der Waals surface area contributed by atoms with Gasteiger partial charge in [-0.2, -0.15) is 0 Å². The van der Waals surface area contributed by atoms with E-state index in [2.05, 4.69) is 23.5 Å². The second-order valence-electron chi connectivity index (χ2n) is 3.59. The van der Waals surface area contributed by atoms with Gasteiger partial charge in [0.15, 0.2) is 5.54 Å². The quantitative estimate of drug-likeness (QED) is 0.409. The first-order valence-electron chi connectivity index (χ1n) is 5.07. The summed E-state index contributed by atoms with van der Waals surface area (Å²) < 4.78 is 15.7. The molecule has 0 saturated carbocycles. The lowest BCUT2D eigenvalue weighted by Gasteiger charge is -2.24. The molecule has 0 unspecified atom stereocenters. The molecular formula is C13H18NO3+. The van der Waals surface area contributed by atoms with E-state index in [1.165, 1.54) is 0 Å². The Bertz CT molecular complexity index is 269. The van der Waals surface area contributed by atoms with E-state index in [9.17, 15) is 0 Å². The molecule has 92 valence electrons. The first-order chi connectivity index (χ1) is 8.18. The van der Waals surface area contributed by atoms with E-state index in [4.69, 9.17) is 33.5 Å². The molecule has 0 aromatic rings. The molecule has 3 N–H and O–H groups in total. The Balaban J connectivity index is 4.11. The zero-order chi connectivity index (χ0) is 13.0. The lowest BCUT2D eigenvalue weighted by molar-refractivity contribution is -0.498. The third-order valence-corrected chi connectivity index (χ3v) is 1.78. The average molecular weight is 236 g/mol. The fourth-order valence-corrected chi connectivity index (χ4v) is 1.10. The van der Waals surface area contributed by atoms with Gasteiger partial charge in [0.05, 0.1) is 0 Å². The number of quaternary nitrogens is 1. The highest BCUT2D eigenvalue weighted by Crippen LogP contribution is 2.01. The van der Waals surface area contributed by atoms with E-state index in [1.54, 1.807) is 0 Å². The fourth-order valence-electron chi connectivity index (χ4n) is 1.10. The molecule has 0 aliphatic rings. The average Bonchev–Trinajstić information content (AvgIpc) is 2.30. The summed E-state index contributed by atoms with van der Waals surface area (Å²) in [5.41, 5.74) is 3.45. The van der Waals surface area contributed by atoms with Crippen LogP contribution in [0.3, 0.4) is 0 Å². The molecule has 4 heteroatoms. The standard InChI is InChI=1S/C13H17NO3/c1-4-7-15-10-13(14,11-16-8-5-2)12-17-9-6-3/h1-3H,7-12,14H2/p+1. The van der Waals surface area contributed by atoms with Crippen molar-refractivity contribution in [3.63, 3.8) is 0 Å². The van der Waals surface area contributed by atoms with Gasteiger partial charge < -0.3 is 19.9 Å². The number of ether oxygens (including phenoxy) is 3. The summed E-state index contributed by atoms with van der Waals surface area (Å²) in [5.74, 6) is 7.14. The molecule has 0 spiro atoms. The number of hydrogen-bond acceptors (Lipinski definition) is 3. The molecule has 0 atom stereocenters. The molecule has 0 aliphatic carbocycles. The minimum absolute atomic E-state index is 0.224. The predicted octanol–water partition coefficient (Wildman–Crippen LogP) is -1.08. The van der Waals surface area contributed by atoms with Crippen molar-refractivity contribution in [3.05, 3.63) is 0 Å². The van der Waals surface area contributed by atoms with Crippen molar-refractivity contribution < 1.29 is 19.9 Å². The molecule has 0 aromatic heterocycles. The van der Waals surface area contributed by atoms with Gasteiger partial charge in [0.2, 0.25) is 0 Å². The van der Waals surface area contributed by atoms with Crippen molar-refractivity contribution in [1.82, 2.24) is 0 Å². The van der Waals surface area contributed by atoms with Crippen molar-refractivity contribution in [3.8, 4) is 37.0 Å². The number of hydrogen-bond donors (Lipinski definition) is 1. The molecule has 0 aliphatic heterocycles. The molecule has 17 heavy (non-hydrogen) atoms. The Morgan fingerprint density at radius 1 is 0.765 bits per heavy atom. The van der Waals surface area contributed by atoms with Crippen LogP contribution in [0.25, 0.3) is 0 Å². The van der Waals surface area contributed by atoms with Crippen LogP contribution in [0.4, 0.5) is 0 Å². The Hall–Kier alpha value is -1.48. The molecule has 0 heterocycles. The van der Waals surface area contributed by atoms with Gasteiger partial charge in [-0.05, 0) is 0 Å². The summed E-state index contributed by atoms with van der Waals surface area (Å²) in [6, 6.07) is 0. The third-order valence-electron chi connectivity index (χ3n) is 1.78. The summed E-state index contributed by atoms with van der Waals surface area (Å²) in [7, 11) is 0. The van der Waals surface area contributed by atoms with Gasteiger partial charge in [-0.15, -0.1) is 19.3 Å². The Morgan fingerprint density at radius 3 is 1.29 bits per heavy atom. The highest BCUT2D eigenvalue weighted by molar-refractivity contribution is 4.87. The number of rotatable bonds is 9. The molecule has 0 saturated heterocycles. The molecule has 0 radical (unpaired) electrons. The van der Waals surface area contributed by atoms with Crippen LogP contribution in [0.15, 0.2) is 0 Å². The van der Waals surface area contributed by atoms with E-state index in [0.29, 0.717) is 19.8 Å². The van der Waals surface area contributed by atoms with Crippen LogP contribution in [0.2, 0.25) is 0 Å². The summed E-state index contributed by atoms with van der Waals surface area (Å²) in [4.78, 5) is 0. The maximum absolute atomic E-state index is 5.25. The van der Waals surface area contributed by atoms with Gasteiger partial charge in [-0.1, -0.05) is 17.8 Å². The van der Waals surface area contributed by atoms with Crippen LogP contribution in [-0.2, 0) is 14.2 Å². The van der Waals surface area contributed by atoms with Gasteiger partial charge in [0.25, 0.3) is 0 Å². The van der Waals surface area contributed by atoms with Crippen LogP contribution in [0.1, 0.15) is 0 Å². The minimum atomic E-state index is -0.551. The van der Waals surface area contributed by atoms with Crippen molar-refractivity contribution in [1.29, 1.82) is 0 Å². The summed E-state index contributed by atoms with van der Waals surface area (Å²) in [5, 5.41) is 0. The summed E-state index contributed by atoms with van der Waals surface area (Å²) >= 11 is 0. The lowest BCUT2D eigenvalue weighted by Crippen LogP contribution is -2.79. The maximum atomic E-state index is 5.25. The fraction of sp³-hybridized carbons (Fsp3) is 0.538. The molecule has 0 fully saturated rings. The Kier molecular flexibility index (Phi) is 8.88. The summed E-state index contributed by atoms with van der Waals surface area (Å²) in [6.45, 7) is 1.65. The highest BCUT2D eigenvalue weighted by atomic mass is 16.5. The number of terminal acetylenes is 3. The van der Waals surface area contributed by atoms with Crippen molar-refractivity contribution in [2.24, 2.45) is 0 Å². The maximum Gasteiger partial charge on any atom is 0.165 e. The smallest absolute Gasteiger partial charge is 0.165 e. The van der Waals surface area contributed by atoms with E-state index < -0.39 is 5.54 Å². The molecule has 0 bridgehead atoms. The van der Waals surface area contributed by atoms with Crippen LogP contribution >= 0.6 is 0 Å². The third kappa shape index (κ3) is 8.34. The summed E-state index contributed by atoms with van der Waals surface area (Å²) in [6.07, 6.45) is 15.3. The van der Waals surface area contributed by atoms with Gasteiger partial charge in [-0.25, -0.2) is 0 Å². The second-order valence-corrected chi connectivity index (χ2v) is 3.59. The van der Waals surface area contributed by atoms with Crippen LogP contribution in [0.5, 0.6) is 0 Å². The van der Waals surface area contributed by atoms with Gasteiger partial charge in [0.1, 0.15) is 39.6 Å². The molecule has 0 amide bonds. The van der Waals surface area contributed by atoms with E-state index >= 15 is 0 Å². The van der Waals surface area contributed by atoms with Crippen LogP contribution < -0.4 is 5.73 Å². The van der Waals surface area contributed by atoms with Crippen molar-refractivity contribution >= 4 is 0 Å². The topological polar surface area (TPSA) is 55.3 Å². The van der Waals surface area contributed by atoms with Gasteiger partial charge in [-0.3, -0.25) is 0 Å². The van der Waals surface area contributed by atoms with E-state index in [1.807, 2.05) is 0 Å². The first-order valence-corrected chi connectivity index (χ1v) is 5.07. The van der Waals surface area contributed by atoms with E-state index in [0.717, 1.165) is 0 Å². The zero-order valence-corrected chi connectivity index (χ0v) is 9.91. The van der Waals surface area contributed by atoms with Gasteiger partial charge in [0, 0.05) is 0 Å². The first kappa shape index (κ1) is 15.5. The minimum Gasteiger partial charge on any atom is -0.362 e. The van der Waals surface area contributed by atoms with Crippen LogP contribution in [0, 0.1) is 37.0 Å². The Morgan fingerprint density at radius 2 is 1.06 bits per heavy atom. The highest BCUT2D eigenvalue weighted by Gasteiger charge is 2.30.